The fraction of sp³-hybridized carbons (Fsp3) is 0.400. The molecule has 1 aromatic carbocycles. The Bertz CT molecular complexity index is 510. The number of benzene rings is 1. The maximum Gasteiger partial charge on any atom is 0.152 e. The topological polar surface area (TPSA) is 44.0 Å². The quantitative estimate of drug-likeness (QED) is 0.786. The number of hydrogen-bond acceptors (Lipinski definition) is 2. The van der Waals surface area contributed by atoms with E-state index >= 15 is 0 Å². The third kappa shape index (κ3) is 3.02. The van der Waals surface area contributed by atoms with E-state index in [1.165, 1.54) is 0 Å². The molecule has 2 nitrogen and oxygen atoms in total. The maximum absolute atomic E-state index is 10.1. The number of hydrogen-bond donors (Lipinski definition) is 1. The molecule has 0 unspecified atom stereocenters. The van der Waals surface area contributed by atoms with Gasteiger partial charge < -0.3 is 5.11 Å². The normalized spacial score (nSPS) is 9.94. The summed E-state index contributed by atoms with van der Waals surface area (Å²) < 4.78 is 0. The summed E-state index contributed by atoms with van der Waals surface area (Å²) in [6.07, 6.45) is 0. The van der Waals surface area contributed by atoms with E-state index in [-0.39, 0.29) is 11.7 Å². The smallest absolute Gasteiger partial charge is 0.152 e. The van der Waals surface area contributed by atoms with E-state index in [1.807, 2.05) is 26.0 Å². The minimum Gasteiger partial charge on any atom is -0.506 e. The Morgan fingerprint density at radius 1 is 1.12 bits per heavy atom. The fourth-order valence-corrected chi connectivity index (χ4v) is 1.64. The lowest BCUT2D eigenvalue weighted by molar-refractivity contribution is 0.462. The maximum atomic E-state index is 10.1. The van der Waals surface area contributed by atoms with Crippen LogP contribution in [0.1, 0.15) is 56.2 Å². The predicted molar refractivity (Wildman–Crippen MR) is 68.8 cm³/mol. The molecule has 1 rings (SSSR count). The first-order chi connectivity index (χ1) is 7.97. The second kappa shape index (κ2) is 5.41. The number of nitrogens with zero attached hydrogens (tertiary/aromatic N) is 1. The molecule has 0 aromatic heterocycles. The molecule has 0 aliphatic carbocycles. The van der Waals surface area contributed by atoms with Crippen LogP contribution < -0.4 is 0 Å². The zero-order chi connectivity index (χ0) is 13.0. The van der Waals surface area contributed by atoms with Crippen molar-refractivity contribution in [2.24, 2.45) is 0 Å². The van der Waals surface area contributed by atoms with Crippen LogP contribution in [0.2, 0.25) is 0 Å². The van der Waals surface area contributed by atoms with Gasteiger partial charge in [0.05, 0.1) is 5.56 Å². The predicted octanol–water partition coefficient (Wildman–Crippen LogP) is 3.51. The monoisotopic (exact) mass is 227 g/mol. The molecule has 2 heteroatoms. The van der Waals surface area contributed by atoms with Gasteiger partial charge in [0.15, 0.2) is 6.07 Å². The van der Waals surface area contributed by atoms with E-state index in [0.29, 0.717) is 11.5 Å². The van der Waals surface area contributed by atoms with Crippen molar-refractivity contribution in [2.75, 3.05) is 0 Å². The average Bonchev–Trinajstić information content (AvgIpc) is 2.26. The van der Waals surface area contributed by atoms with Crippen molar-refractivity contribution in [3.05, 3.63) is 28.8 Å². The van der Waals surface area contributed by atoms with Crippen molar-refractivity contribution in [3.8, 4) is 23.7 Å². The highest BCUT2D eigenvalue weighted by molar-refractivity contribution is 5.54. The Balaban J connectivity index is 3.44. The van der Waals surface area contributed by atoms with Gasteiger partial charge in [0, 0.05) is 5.92 Å². The number of phenolic OH excluding ortho intramolecular Hbond substituents is 1. The molecule has 88 valence electrons. The first-order valence-corrected chi connectivity index (χ1v) is 5.74. The zero-order valence-electron chi connectivity index (χ0n) is 10.7. The molecule has 0 amide bonds. The summed E-state index contributed by atoms with van der Waals surface area (Å²) in [6, 6.07) is 5.64. The lowest BCUT2D eigenvalue weighted by atomic mass is 9.92. The highest BCUT2D eigenvalue weighted by atomic mass is 16.3. The third-order valence-corrected chi connectivity index (χ3v) is 2.70. The van der Waals surface area contributed by atoms with E-state index in [9.17, 15) is 5.11 Å². The van der Waals surface area contributed by atoms with E-state index in [2.05, 4.69) is 25.7 Å². The third-order valence-electron chi connectivity index (χ3n) is 2.70. The molecular formula is C15H17NO. The van der Waals surface area contributed by atoms with Crippen LogP contribution in [-0.2, 0) is 0 Å². The molecule has 0 saturated carbocycles. The second-order valence-corrected chi connectivity index (χ2v) is 4.68. The molecule has 1 aromatic rings. The molecule has 0 atom stereocenters. The Labute approximate surface area is 103 Å². The average molecular weight is 227 g/mol. The van der Waals surface area contributed by atoms with Crippen LogP contribution in [0.5, 0.6) is 5.75 Å². The first-order valence-electron chi connectivity index (χ1n) is 5.74. The summed E-state index contributed by atoms with van der Waals surface area (Å²) >= 11 is 0. The van der Waals surface area contributed by atoms with E-state index < -0.39 is 0 Å². The van der Waals surface area contributed by atoms with Crippen LogP contribution in [0.15, 0.2) is 12.1 Å². The lowest BCUT2D eigenvalue weighted by Crippen LogP contribution is -1.96. The van der Waals surface area contributed by atoms with Gasteiger partial charge in [-0.15, -0.1) is 0 Å². The Hall–Kier alpha value is -1.93. The molecule has 0 heterocycles. The van der Waals surface area contributed by atoms with Crippen LogP contribution in [0.25, 0.3) is 0 Å². The summed E-state index contributed by atoms with van der Waals surface area (Å²) in [6.45, 7) is 8.25. The molecule has 1 N–H and O–H groups in total. The minimum atomic E-state index is 0.201. The van der Waals surface area contributed by atoms with Gasteiger partial charge in [-0.2, -0.15) is 5.26 Å². The number of rotatable bonds is 2. The van der Waals surface area contributed by atoms with Crippen LogP contribution in [0.3, 0.4) is 0 Å². The Morgan fingerprint density at radius 2 is 1.76 bits per heavy atom. The van der Waals surface area contributed by atoms with Crippen molar-refractivity contribution in [1.29, 1.82) is 5.26 Å². The van der Waals surface area contributed by atoms with Gasteiger partial charge in [0.2, 0.25) is 0 Å². The molecule has 0 aliphatic rings. The SMILES string of the molecule is CC(C)c1cc(C#CC#N)c(O)c(C(C)C)c1. The van der Waals surface area contributed by atoms with Crippen LogP contribution >= 0.6 is 0 Å². The number of phenols is 1. The minimum absolute atomic E-state index is 0.201. The van der Waals surface area contributed by atoms with Gasteiger partial charge in [-0.1, -0.05) is 33.8 Å². The number of aromatic hydroxyl groups is 1. The zero-order valence-corrected chi connectivity index (χ0v) is 10.7. The second-order valence-electron chi connectivity index (χ2n) is 4.68. The highest BCUT2D eigenvalue weighted by Gasteiger charge is 2.13. The van der Waals surface area contributed by atoms with Gasteiger partial charge in [-0.05, 0) is 34.9 Å². The lowest BCUT2D eigenvalue weighted by Gasteiger charge is -2.14. The van der Waals surface area contributed by atoms with Crippen LogP contribution in [0, 0.1) is 23.2 Å². The Kier molecular flexibility index (Phi) is 4.18. The van der Waals surface area contributed by atoms with Gasteiger partial charge in [0.1, 0.15) is 5.75 Å². The highest BCUT2D eigenvalue weighted by Crippen LogP contribution is 2.32. The Morgan fingerprint density at radius 3 is 2.24 bits per heavy atom. The van der Waals surface area contributed by atoms with Crippen molar-refractivity contribution in [3.63, 3.8) is 0 Å². The van der Waals surface area contributed by atoms with Crippen LogP contribution in [0.4, 0.5) is 0 Å². The fourth-order valence-electron chi connectivity index (χ4n) is 1.64. The molecule has 0 aliphatic heterocycles. The van der Waals surface area contributed by atoms with Crippen molar-refractivity contribution in [1.82, 2.24) is 0 Å². The number of nitriles is 1. The largest absolute Gasteiger partial charge is 0.506 e. The molecule has 0 radical (unpaired) electrons. The summed E-state index contributed by atoms with van der Waals surface area (Å²) in [7, 11) is 0. The van der Waals surface area contributed by atoms with Gasteiger partial charge in [-0.25, -0.2) is 0 Å². The molecule has 0 bridgehead atoms. The molecule has 17 heavy (non-hydrogen) atoms. The van der Waals surface area contributed by atoms with E-state index in [0.717, 1.165) is 11.1 Å². The van der Waals surface area contributed by atoms with Crippen molar-refractivity contribution >= 4 is 0 Å². The first kappa shape index (κ1) is 13.1. The molecular weight excluding hydrogens is 210 g/mol. The van der Waals surface area contributed by atoms with Crippen molar-refractivity contribution < 1.29 is 5.11 Å². The van der Waals surface area contributed by atoms with Gasteiger partial charge in [0.25, 0.3) is 0 Å². The summed E-state index contributed by atoms with van der Waals surface area (Å²) in [5, 5.41) is 18.6. The molecule has 0 spiro atoms. The summed E-state index contributed by atoms with van der Waals surface area (Å²) in [5.74, 6) is 5.83. The van der Waals surface area contributed by atoms with Crippen molar-refractivity contribution in [2.45, 2.75) is 39.5 Å². The summed E-state index contributed by atoms with van der Waals surface area (Å²) in [4.78, 5) is 0. The standard InChI is InChI=1S/C15H17NO/c1-10(2)13-8-12(6-5-7-16)15(17)14(9-13)11(3)4/h8-11,17H,1-4H3. The van der Waals surface area contributed by atoms with E-state index in [1.54, 1.807) is 6.07 Å². The van der Waals surface area contributed by atoms with Crippen LogP contribution in [-0.4, -0.2) is 5.11 Å². The molecule has 0 saturated heterocycles. The summed E-state index contributed by atoms with van der Waals surface area (Å²) in [5.41, 5.74) is 2.56. The van der Waals surface area contributed by atoms with Gasteiger partial charge in [-0.3, -0.25) is 0 Å². The van der Waals surface area contributed by atoms with E-state index in [4.69, 9.17) is 5.26 Å². The van der Waals surface area contributed by atoms with Gasteiger partial charge >= 0.3 is 0 Å². The molecule has 0 fully saturated rings.